The van der Waals surface area contributed by atoms with Gasteiger partial charge in [0.15, 0.2) is 0 Å². The van der Waals surface area contributed by atoms with Gasteiger partial charge in [-0.15, -0.1) is 0 Å². The second-order valence-electron chi connectivity index (χ2n) is 5.12. The van der Waals surface area contributed by atoms with Crippen LogP contribution in [0.15, 0.2) is 12.1 Å². The van der Waals surface area contributed by atoms with Crippen molar-refractivity contribution in [2.45, 2.75) is 40.5 Å². The third-order valence-electron chi connectivity index (χ3n) is 3.24. The quantitative estimate of drug-likeness (QED) is 0.751. The molecule has 0 fully saturated rings. The lowest BCUT2D eigenvalue weighted by Crippen LogP contribution is -2.30. The van der Waals surface area contributed by atoms with E-state index in [-0.39, 0.29) is 5.75 Å². The summed E-state index contributed by atoms with van der Waals surface area (Å²) in [5.74, 6) is 1.01. The summed E-state index contributed by atoms with van der Waals surface area (Å²) < 4.78 is 31.4. The Kier molecular flexibility index (Phi) is 6.49. The molecular formula is C15H25NO3S. The summed E-state index contributed by atoms with van der Waals surface area (Å²) in [5.41, 5.74) is 3.48. The predicted molar refractivity (Wildman–Crippen MR) is 82.8 cm³/mol. The molecule has 0 atom stereocenters. The summed E-state index contributed by atoms with van der Waals surface area (Å²) >= 11 is 0. The van der Waals surface area contributed by atoms with Crippen molar-refractivity contribution < 1.29 is 13.2 Å². The van der Waals surface area contributed by atoms with Crippen LogP contribution in [-0.2, 0) is 10.0 Å². The normalized spacial score (nSPS) is 11.6. The van der Waals surface area contributed by atoms with Gasteiger partial charge in [0.1, 0.15) is 12.4 Å². The first kappa shape index (κ1) is 17.0. The fraction of sp³-hybridized carbons (Fsp3) is 0.600. The molecule has 0 amide bonds. The maximum Gasteiger partial charge on any atom is 0.211 e. The molecule has 0 aliphatic heterocycles. The topological polar surface area (TPSA) is 55.4 Å². The second-order valence-corrected chi connectivity index (χ2v) is 7.04. The van der Waals surface area contributed by atoms with Crippen molar-refractivity contribution in [3.05, 3.63) is 28.8 Å². The van der Waals surface area contributed by atoms with Crippen LogP contribution in [0.4, 0.5) is 0 Å². The zero-order chi connectivity index (χ0) is 15.2. The summed E-state index contributed by atoms with van der Waals surface area (Å²) in [6.07, 6.45) is 1.56. The molecule has 0 aromatic heterocycles. The van der Waals surface area contributed by atoms with Gasteiger partial charge in [0.25, 0.3) is 0 Å². The van der Waals surface area contributed by atoms with Gasteiger partial charge in [0.05, 0.1) is 5.75 Å². The number of benzene rings is 1. The largest absolute Gasteiger partial charge is 0.492 e. The Morgan fingerprint density at radius 3 is 2.40 bits per heavy atom. The molecule has 1 rings (SSSR count). The summed E-state index contributed by atoms with van der Waals surface area (Å²) in [6.45, 7) is 8.71. The molecule has 0 unspecified atom stereocenters. The van der Waals surface area contributed by atoms with Gasteiger partial charge in [-0.1, -0.05) is 19.4 Å². The molecule has 1 aromatic rings. The van der Waals surface area contributed by atoms with E-state index < -0.39 is 10.0 Å². The highest BCUT2D eigenvalue weighted by Crippen LogP contribution is 2.22. The molecule has 5 heteroatoms. The zero-order valence-electron chi connectivity index (χ0n) is 12.8. The fourth-order valence-corrected chi connectivity index (χ4v) is 3.06. The monoisotopic (exact) mass is 299 g/mol. The highest BCUT2D eigenvalue weighted by Gasteiger charge is 2.08. The van der Waals surface area contributed by atoms with E-state index in [2.05, 4.69) is 17.7 Å². The molecule has 114 valence electrons. The molecule has 1 N–H and O–H groups in total. The molecule has 0 aliphatic carbocycles. The summed E-state index contributed by atoms with van der Waals surface area (Å²) in [5, 5.41) is 0. The van der Waals surface area contributed by atoms with Gasteiger partial charge in [-0.25, -0.2) is 13.1 Å². The Morgan fingerprint density at radius 2 is 1.75 bits per heavy atom. The molecule has 20 heavy (non-hydrogen) atoms. The first-order valence-electron chi connectivity index (χ1n) is 7.03. The molecule has 1 aromatic carbocycles. The molecule has 0 spiro atoms. The van der Waals surface area contributed by atoms with Gasteiger partial charge in [0.2, 0.25) is 10.0 Å². The average molecular weight is 299 g/mol. The molecule has 0 saturated heterocycles. The van der Waals surface area contributed by atoms with Crippen molar-refractivity contribution in [3.8, 4) is 5.75 Å². The van der Waals surface area contributed by atoms with Crippen LogP contribution >= 0.6 is 0 Å². The Labute approximate surface area is 122 Å². The van der Waals surface area contributed by atoms with E-state index in [0.29, 0.717) is 19.6 Å². The predicted octanol–water partition coefficient (Wildman–Crippen LogP) is 2.71. The van der Waals surface area contributed by atoms with E-state index in [0.717, 1.165) is 17.7 Å². The zero-order valence-corrected chi connectivity index (χ0v) is 13.6. The Balaban J connectivity index is 2.44. The van der Waals surface area contributed by atoms with Gasteiger partial charge in [0, 0.05) is 6.54 Å². The average Bonchev–Trinajstić information content (AvgIpc) is 2.38. The van der Waals surface area contributed by atoms with E-state index in [9.17, 15) is 8.42 Å². The third-order valence-corrected chi connectivity index (χ3v) is 4.71. The molecular weight excluding hydrogens is 274 g/mol. The number of unbranched alkanes of at least 4 members (excludes halogenated alkanes) is 1. The van der Waals surface area contributed by atoms with Crippen LogP contribution in [0.2, 0.25) is 0 Å². The number of aryl methyl sites for hydroxylation is 3. The summed E-state index contributed by atoms with van der Waals surface area (Å²) in [7, 11) is -3.15. The van der Waals surface area contributed by atoms with E-state index in [1.165, 1.54) is 11.1 Å². The lowest BCUT2D eigenvalue weighted by Gasteiger charge is -2.12. The Morgan fingerprint density at radius 1 is 1.10 bits per heavy atom. The lowest BCUT2D eigenvalue weighted by molar-refractivity contribution is 0.320. The fourth-order valence-electron chi connectivity index (χ4n) is 1.85. The van der Waals surface area contributed by atoms with E-state index in [1.807, 2.05) is 26.8 Å². The van der Waals surface area contributed by atoms with Crippen LogP contribution in [0.1, 0.15) is 36.5 Å². The van der Waals surface area contributed by atoms with Crippen LogP contribution in [0, 0.1) is 20.8 Å². The standard InChI is InChI=1S/C15H25NO3S/c1-5-6-9-20(17,18)16-7-8-19-15-11-13(3)12(2)10-14(15)4/h10-11,16H,5-9H2,1-4H3. The Hall–Kier alpha value is -1.07. The molecule has 0 saturated carbocycles. The Bertz CT molecular complexity index is 538. The third kappa shape index (κ3) is 5.51. The van der Waals surface area contributed by atoms with E-state index in [4.69, 9.17) is 4.74 Å². The minimum absolute atomic E-state index is 0.187. The first-order valence-corrected chi connectivity index (χ1v) is 8.69. The molecule has 0 heterocycles. The summed E-state index contributed by atoms with van der Waals surface area (Å²) in [6, 6.07) is 4.08. The second kappa shape index (κ2) is 7.64. The molecule has 0 aliphatic rings. The highest BCUT2D eigenvalue weighted by molar-refractivity contribution is 7.89. The molecule has 4 nitrogen and oxygen atoms in total. The van der Waals surface area contributed by atoms with Crippen molar-refractivity contribution in [3.63, 3.8) is 0 Å². The van der Waals surface area contributed by atoms with Crippen molar-refractivity contribution in [2.75, 3.05) is 18.9 Å². The van der Waals surface area contributed by atoms with E-state index in [1.54, 1.807) is 0 Å². The smallest absolute Gasteiger partial charge is 0.211 e. The number of ether oxygens (including phenoxy) is 1. The van der Waals surface area contributed by atoms with Gasteiger partial charge in [-0.3, -0.25) is 0 Å². The number of hydrogen-bond acceptors (Lipinski definition) is 3. The minimum Gasteiger partial charge on any atom is -0.492 e. The van der Waals surface area contributed by atoms with Crippen molar-refractivity contribution in [2.24, 2.45) is 0 Å². The van der Waals surface area contributed by atoms with Crippen LogP contribution in [0.5, 0.6) is 5.75 Å². The van der Waals surface area contributed by atoms with Crippen LogP contribution in [0.25, 0.3) is 0 Å². The number of hydrogen-bond donors (Lipinski definition) is 1. The molecule has 0 radical (unpaired) electrons. The van der Waals surface area contributed by atoms with Crippen molar-refractivity contribution in [1.29, 1.82) is 0 Å². The maximum absolute atomic E-state index is 11.6. The lowest BCUT2D eigenvalue weighted by atomic mass is 10.1. The molecule has 0 bridgehead atoms. The van der Waals surface area contributed by atoms with Gasteiger partial charge in [-0.05, 0) is 49.9 Å². The maximum atomic E-state index is 11.6. The van der Waals surface area contributed by atoms with Gasteiger partial charge < -0.3 is 4.74 Å². The van der Waals surface area contributed by atoms with Crippen molar-refractivity contribution in [1.82, 2.24) is 4.72 Å². The number of nitrogens with one attached hydrogen (secondary N) is 1. The summed E-state index contributed by atoms with van der Waals surface area (Å²) in [4.78, 5) is 0. The SMILES string of the molecule is CCCCS(=O)(=O)NCCOc1cc(C)c(C)cc1C. The number of rotatable bonds is 8. The van der Waals surface area contributed by atoms with E-state index >= 15 is 0 Å². The van der Waals surface area contributed by atoms with Crippen LogP contribution in [0.3, 0.4) is 0 Å². The van der Waals surface area contributed by atoms with Crippen LogP contribution in [-0.4, -0.2) is 27.3 Å². The van der Waals surface area contributed by atoms with Crippen LogP contribution < -0.4 is 9.46 Å². The number of sulfonamides is 1. The highest BCUT2D eigenvalue weighted by atomic mass is 32.2. The minimum atomic E-state index is -3.15. The van der Waals surface area contributed by atoms with Gasteiger partial charge >= 0.3 is 0 Å². The van der Waals surface area contributed by atoms with Crippen molar-refractivity contribution >= 4 is 10.0 Å². The first-order chi connectivity index (χ1) is 9.35. The van der Waals surface area contributed by atoms with Gasteiger partial charge in [-0.2, -0.15) is 0 Å².